The minimum atomic E-state index is -0.254. The Morgan fingerprint density at radius 1 is 1.03 bits per heavy atom. The summed E-state index contributed by atoms with van der Waals surface area (Å²) >= 11 is 0. The third-order valence-electron chi connectivity index (χ3n) is 5.46. The number of carbonyl (C=O) groups is 1. The van der Waals surface area contributed by atoms with Crippen LogP contribution in [0.5, 0.6) is 17.2 Å². The number of para-hydroxylation sites is 1. The van der Waals surface area contributed by atoms with Gasteiger partial charge in [0.15, 0.2) is 11.5 Å². The molecule has 1 heterocycles. The van der Waals surface area contributed by atoms with Gasteiger partial charge in [0.05, 0.1) is 14.2 Å². The Morgan fingerprint density at radius 2 is 1.83 bits per heavy atom. The molecular formula is C24H32N2O4. The average Bonchev–Trinajstić information content (AvgIpc) is 3.03. The lowest BCUT2D eigenvalue weighted by atomic mass is 10.1. The van der Waals surface area contributed by atoms with Crippen molar-refractivity contribution in [2.75, 3.05) is 33.9 Å². The summed E-state index contributed by atoms with van der Waals surface area (Å²) in [6.45, 7) is 2.42. The number of methoxy groups -OCH3 is 2. The maximum atomic E-state index is 12.4. The summed E-state index contributed by atoms with van der Waals surface area (Å²) < 4.78 is 16.1. The Labute approximate surface area is 179 Å². The van der Waals surface area contributed by atoms with E-state index in [2.05, 4.69) is 11.4 Å². The fraction of sp³-hybridized carbons (Fsp3) is 0.458. The van der Waals surface area contributed by atoms with Gasteiger partial charge in [0, 0.05) is 19.1 Å². The Hall–Kier alpha value is -2.73. The normalized spacial score (nSPS) is 16.6. The Morgan fingerprint density at radius 3 is 2.60 bits per heavy atom. The molecule has 0 saturated carbocycles. The van der Waals surface area contributed by atoms with Gasteiger partial charge in [-0.3, -0.25) is 0 Å². The van der Waals surface area contributed by atoms with Crippen LogP contribution in [0.3, 0.4) is 0 Å². The molecule has 30 heavy (non-hydrogen) atoms. The molecule has 1 saturated heterocycles. The molecule has 1 amide bonds. The molecule has 0 unspecified atom stereocenters. The number of hydrogen-bond acceptors (Lipinski definition) is 5. The Bertz CT molecular complexity index is 797. The molecule has 1 fully saturated rings. The van der Waals surface area contributed by atoms with E-state index in [9.17, 15) is 4.79 Å². The number of ether oxygens (including phenoxy) is 3. The van der Waals surface area contributed by atoms with Crippen LogP contribution in [0.25, 0.3) is 0 Å². The van der Waals surface area contributed by atoms with Crippen molar-refractivity contribution in [1.82, 2.24) is 10.2 Å². The topological polar surface area (TPSA) is 60.0 Å². The largest absolute Gasteiger partial charge is 0.493 e. The number of likely N-dealkylation sites (tertiary alicyclic amines) is 1. The summed E-state index contributed by atoms with van der Waals surface area (Å²) in [5.74, 6) is 2.12. The molecule has 1 atom stereocenters. The van der Waals surface area contributed by atoms with Crippen molar-refractivity contribution in [2.24, 2.45) is 0 Å². The highest BCUT2D eigenvalue weighted by molar-refractivity contribution is 5.70. The SMILES string of the molecule is COc1ccc(CCCN[C@@H]2CCCN(C(=O)Oc3ccccc3)CC2)cc1OC. The Balaban J connectivity index is 1.38. The molecule has 162 valence electrons. The number of benzene rings is 2. The average molecular weight is 413 g/mol. The van der Waals surface area contributed by atoms with Crippen LogP contribution in [0.4, 0.5) is 4.79 Å². The second-order valence-electron chi connectivity index (χ2n) is 7.54. The lowest BCUT2D eigenvalue weighted by Crippen LogP contribution is -2.36. The molecule has 1 aliphatic rings. The monoisotopic (exact) mass is 412 g/mol. The quantitative estimate of drug-likeness (QED) is 0.656. The second-order valence-corrected chi connectivity index (χ2v) is 7.54. The van der Waals surface area contributed by atoms with Crippen LogP contribution in [0.15, 0.2) is 48.5 Å². The summed E-state index contributed by atoms with van der Waals surface area (Å²) in [7, 11) is 3.31. The van der Waals surface area contributed by atoms with Gasteiger partial charge < -0.3 is 24.4 Å². The van der Waals surface area contributed by atoms with Crippen LogP contribution in [0.1, 0.15) is 31.2 Å². The van der Waals surface area contributed by atoms with Crippen LogP contribution in [0, 0.1) is 0 Å². The van der Waals surface area contributed by atoms with E-state index >= 15 is 0 Å². The second kappa shape index (κ2) is 11.5. The molecule has 0 aliphatic carbocycles. The van der Waals surface area contributed by atoms with E-state index < -0.39 is 0 Å². The fourth-order valence-electron chi connectivity index (χ4n) is 3.77. The summed E-state index contributed by atoms with van der Waals surface area (Å²) in [4.78, 5) is 14.2. The molecule has 3 rings (SSSR count). The predicted octanol–water partition coefficient (Wildman–Crippen LogP) is 4.28. The number of rotatable bonds is 8. The van der Waals surface area contributed by atoms with Gasteiger partial charge in [-0.05, 0) is 68.5 Å². The minimum absolute atomic E-state index is 0.254. The van der Waals surface area contributed by atoms with Crippen molar-refractivity contribution in [3.8, 4) is 17.2 Å². The van der Waals surface area contributed by atoms with E-state index in [-0.39, 0.29) is 6.09 Å². The smallest absolute Gasteiger partial charge is 0.415 e. The minimum Gasteiger partial charge on any atom is -0.493 e. The number of amides is 1. The van der Waals surface area contributed by atoms with Gasteiger partial charge in [0.1, 0.15) is 5.75 Å². The summed E-state index contributed by atoms with van der Waals surface area (Å²) in [5, 5.41) is 3.66. The lowest BCUT2D eigenvalue weighted by Gasteiger charge is -2.20. The molecule has 0 bridgehead atoms. The molecule has 2 aromatic rings. The van der Waals surface area contributed by atoms with Crippen molar-refractivity contribution in [3.63, 3.8) is 0 Å². The number of aryl methyl sites for hydroxylation is 1. The van der Waals surface area contributed by atoms with Crippen LogP contribution in [0.2, 0.25) is 0 Å². The van der Waals surface area contributed by atoms with Gasteiger partial charge in [-0.1, -0.05) is 24.3 Å². The molecule has 0 radical (unpaired) electrons. The van der Waals surface area contributed by atoms with Crippen LogP contribution < -0.4 is 19.5 Å². The van der Waals surface area contributed by atoms with Gasteiger partial charge >= 0.3 is 6.09 Å². The van der Waals surface area contributed by atoms with E-state index in [1.54, 1.807) is 26.4 Å². The molecule has 0 aromatic heterocycles. The van der Waals surface area contributed by atoms with E-state index in [4.69, 9.17) is 14.2 Å². The van der Waals surface area contributed by atoms with Crippen LogP contribution in [-0.4, -0.2) is 50.9 Å². The predicted molar refractivity (Wildman–Crippen MR) is 118 cm³/mol. The highest BCUT2D eigenvalue weighted by atomic mass is 16.6. The first kappa shape index (κ1) is 22.0. The lowest BCUT2D eigenvalue weighted by molar-refractivity contribution is 0.153. The van der Waals surface area contributed by atoms with Crippen molar-refractivity contribution in [2.45, 2.75) is 38.1 Å². The number of carbonyl (C=O) groups excluding carboxylic acids is 1. The zero-order chi connectivity index (χ0) is 21.2. The maximum absolute atomic E-state index is 12.4. The standard InChI is InChI=1S/C24H32N2O4/c1-28-22-13-12-19(18-23(22)29-2)8-6-15-25-20-9-7-16-26(17-14-20)24(27)30-21-10-4-3-5-11-21/h3-5,10-13,18,20,25H,6-9,14-17H2,1-2H3/t20-/m1/s1. The van der Waals surface area contributed by atoms with Crippen molar-refractivity contribution in [1.29, 1.82) is 0 Å². The highest BCUT2D eigenvalue weighted by Crippen LogP contribution is 2.28. The first-order valence-electron chi connectivity index (χ1n) is 10.7. The number of nitrogens with one attached hydrogen (secondary N) is 1. The van der Waals surface area contributed by atoms with E-state index in [1.165, 1.54) is 5.56 Å². The summed E-state index contributed by atoms with van der Waals surface area (Å²) in [6.07, 6.45) is 4.78. The first-order chi connectivity index (χ1) is 14.7. The third-order valence-corrected chi connectivity index (χ3v) is 5.46. The number of hydrogen-bond donors (Lipinski definition) is 1. The van der Waals surface area contributed by atoms with Crippen molar-refractivity contribution < 1.29 is 19.0 Å². The third kappa shape index (κ3) is 6.39. The molecule has 6 nitrogen and oxygen atoms in total. The fourth-order valence-corrected chi connectivity index (χ4v) is 3.77. The van der Waals surface area contributed by atoms with Gasteiger partial charge in [0.25, 0.3) is 0 Å². The summed E-state index contributed by atoms with van der Waals surface area (Å²) in [5.41, 5.74) is 1.24. The van der Waals surface area contributed by atoms with Gasteiger partial charge in [0.2, 0.25) is 0 Å². The van der Waals surface area contributed by atoms with Gasteiger partial charge in [-0.25, -0.2) is 4.79 Å². The molecular weight excluding hydrogens is 380 g/mol. The highest BCUT2D eigenvalue weighted by Gasteiger charge is 2.21. The molecule has 2 aromatic carbocycles. The zero-order valence-electron chi connectivity index (χ0n) is 17.9. The van der Waals surface area contributed by atoms with E-state index in [0.29, 0.717) is 11.8 Å². The van der Waals surface area contributed by atoms with Crippen molar-refractivity contribution in [3.05, 3.63) is 54.1 Å². The van der Waals surface area contributed by atoms with Gasteiger partial charge in [-0.2, -0.15) is 0 Å². The summed E-state index contributed by atoms with van der Waals surface area (Å²) in [6, 6.07) is 15.8. The Kier molecular flexibility index (Phi) is 8.39. The molecule has 1 N–H and O–H groups in total. The van der Waals surface area contributed by atoms with Crippen molar-refractivity contribution >= 4 is 6.09 Å². The zero-order valence-corrected chi connectivity index (χ0v) is 17.9. The van der Waals surface area contributed by atoms with Crippen LogP contribution >= 0.6 is 0 Å². The molecule has 0 spiro atoms. The molecule has 6 heteroatoms. The maximum Gasteiger partial charge on any atom is 0.415 e. The van der Waals surface area contributed by atoms with E-state index in [1.807, 2.05) is 35.2 Å². The van der Waals surface area contributed by atoms with E-state index in [0.717, 1.165) is 63.2 Å². The first-order valence-corrected chi connectivity index (χ1v) is 10.7. The van der Waals surface area contributed by atoms with Gasteiger partial charge in [-0.15, -0.1) is 0 Å². The number of nitrogens with zero attached hydrogens (tertiary/aromatic N) is 1. The van der Waals surface area contributed by atoms with Crippen LogP contribution in [-0.2, 0) is 6.42 Å². The molecule has 1 aliphatic heterocycles.